The van der Waals surface area contributed by atoms with E-state index in [0.717, 1.165) is 17.0 Å². The van der Waals surface area contributed by atoms with Crippen LogP contribution in [0.25, 0.3) is 5.78 Å². The van der Waals surface area contributed by atoms with Gasteiger partial charge in [-0.05, 0) is 38.0 Å². The molecule has 3 aromatic heterocycles. The second kappa shape index (κ2) is 6.71. The number of aromatic carboxylic acids is 1. The Morgan fingerprint density at radius 1 is 1.32 bits per heavy atom. The highest BCUT2D eigenvalue weighted by atomic mass is 16.4. The van der Waals surface area contributed by atoms with E-state index in [4.69, 9.17) is 9.52 Å². The zero-order valence-electron chi connectivity index (χ0n) is 13.8. The third-order valence-corrected chi connectivity index (χ3v) is 3.92. The van der Waals surface area contributed by atoms with Gasteiger partial charge < -0.3 is 14.8 Å². The second-order valence-electron chi connectivity index (χ2n) is 5.58. The molecule has 0 spiro atoms. The zero-order valence-corrected chi connectivity index (χ0v) is 13.8. The van der Waals surface area contributed by atoms with Crippen molar-refractivity contribution in [3.63, 3.8) is 0 Å². The maximum atomic E-state index is 12.0. The number of aromatic nitrogens is 4. The first-order valence-electron chi connectivity index (χ1n) is 7.70. The summed E-state index contributed by atoms with van der Waals surface area (Å²) in [5.41, 5.74) is 2.69. The number of aryl methyl sites for hydroxylation is 2. The molecule has 0 bridgehead atoms. The molecular weight excluding hydrogens is 326 g/mol. The van der Waals surface area contributed by atoms with Crippen LogP contribution < -0.4 is 5.32 Å². The summed E-state index contributed by atoms with van der Waals surface area (Å²) >= 11 is 0. The lowest BCUT2D eigenvalue weighted by atomic mass is 10.1. The van der Waals surface area contributed by atoms with E-state index in [1.807, 2.05) is 13.8 Å². The van der Waals surface area contributed by atoms with Crippen molar-refractivity contribution in [3.8, 4) is 0 Å². The highest BCUT2D eigenvalue weighted by Crippen LogP contribution is 2.15. The third kappa shape index (κ3) is 3.49. The van der Waals surface area contributed by atoms with Crippen LogP contribution in [0, 0.1) is 13.8 Å². The van der Waals surface area contributed by atoms with Crippen LogP contribution in [0.4, 0.5) is 0 Å². The van der Waals surface area contributed by atoms with Crippen molar-refractivity contribution in [2.75, 3.05) is 0 Å². The average molecular weight is 343 g/mol. The Balaban J connectivity index is 1.59. The minimum atomic E-state index is -1.14. The van der Waals surface area contributed by atoms with Gasteiger partial charge in [-0.15, -0.1) is 0 Å². The summed E-state index contributed by atoms with van der Waals surface area (Å²) in [5.74, 6) is -0.521. The maximum absolute atomic E-state index is 12.0. The number of nitrogens with one attached hydrogen (secondary N) is 1. The fraction of sp³-hybridized carbons (Fsp3) is 0.312. The van der Waals surface area contributed by atoms with E-state index in [2.05, 4.69) is 20.4 Å². The van der Waals surface area contributed by atoms with E-state index in [1.54, 1.807) is 4.52 Å². The van der Waals surface area contributed by atoms with Gasteiger partial charge in [-0.1, -0.05) is 0 Å². The van der Waals surface area contributed by atoms with Gasteiger partial charge in [0.25, 0.3) is 5.78 Å². The van der Waals surface area contributed by atoms with Crippen LogP contribution in [0.2, 0.25) is 0 Å². The molecule has 0 unspecified atom stereocenters. The number of hydrogen-bond donors (Lipinski definition) is 2. The molecule has 9 heteroatoms. The molecule has 0 aliphatic heterocycles. The van der Waals surface area contributed by atoms with Crippen molar-refractivity contribution in [1.29, 1.82) is 0 Å². The normalized spacial score (nSPS) is 11.0. The summed E-state index contributed by atoms with van der Waals surface area (Å²) in [4.78, 5) is 31.2. The number of nitrogens with zero attached hydrogens (tertiary/aromatic N) is 4. The topological polar surface area (TPSA) is 123 Å². The van der Waals surface area contributed by atoms with Crippen molar-refractivity contribution in [2.45, 2.75) is 33.2 Å². The zero-order chi connectivity index (χ0) is 18.0. The molecule has 0 radical (unpaired) electrons. The molecule has 0 fully saturated rings. The monoisotopic (exact) mass is 343 g/mol. The molecule has 0 saturated carbocycles. The van der Waals surface area contributed by atoms with Gasteiger partial charge in [0.1, 0.15) is 12.1 Å². The van der Waals surface area contributed by atoms with E-state index in [9.17, 15) is 9.59 Å². The van der Waals surface area contributed by atoms with Crippen LogP contribution in [0.1, 0.15) is 39.7 Å². The number of carboxylic acid groups (broad SMARTS) is 1. The molecule has 130 valence electrons. The molecule has 3 heterocycles. The number of fused-ring (bicyclic) bond motifs is 1. The molecule has 0 atom stereocenters. The highest BCUT2D eigenvalue weighted by Gasteiger charge is 2.13. The Hall–Kier alpha value is -3.23. The molecule has 9 nitrogen and oxygen atoms in total. The Labute approximate surface area is 142 Å². The lowest BCUT2D eigenvalue weighted by molar-refractivity contribution is -0.121. The Morgan fingerprint density at radius 2 is 2.12 bits per heavy atom. The highest BCUT2D eigenvalue weighted by molar-refractivity contribution is 5.84. The molecule has 0 aliphatic carbocycles. The number of carbonyl (C=O) groups is 2. The van der Waals surface area contributed by atoms with Crippen LogP contribution in [0.5, 0.6) is 0 Å². The minimum absolute atomic E-state index is 0.143. The Morgan fingerprint density at radius 3 is 2.84 bits per heavy atom. The van der Waals surface area contributed by atoms with Gasteiger partial charge in [-0.25, -0.2) is 14.3 Å². The smallest absolute Gasteiger partial charge is 0.371 e. The first-order valence-corrected chi connectivity index (χ1v) is 7.70. The number of furan rings is 1. The summed E-state index contributed by atoms with van der Waals surface area (Å²) < 4.78 is 6.74. The van der Waals surface area contributed by atoms with Gasteiger partial charge in [-0.2, -0.15) is 10.1 Å². The van der Waals surface area contributed by atoms with E-state index in [-0.39, 0.29) is 24.6 Å². The van der Waals surface area contributed by atoms with Gasteiger partial charge in [-0.3, -0.25) is 4.79 Å². The summed E-state index contributed by atoms with van der Waals surface area (Å²) in [6, 6.07) is 2.89. The van der Waals surface area contributed by atoms with Crippen LogP contribution in [0.15, 0.2) is 22.9 Å². The molecule has 1 amide bonds. The molecule has 0 saturated heterocycles. The lowest BCUT2D eigenvalue weighted by Crippen LogP contribution is -2.23. The van der Waals surface area contributed by atoms with Crippen LogP contribution in [0.3, 0.4) is 0 Å². The van der Waals surface area contributed by atoms with Crippen LogP contribution in [-0.2, 0) is 17.8 Å². The van der Waals surface area contributed by atoms with Gasteiger partial charge in [0.2, 0.25) is 11.7 Å². The van der Waals surface area contributed by atoms with Crippen molar-refractivity contribution in [2.24, 2.45) is 0 Å². The average Bonchev–Trinajstić information content (AvgIpc) is 3.21. The van der Waals surface area contributed by atoms with E-state index in [0.29, 0.717) is 18.0 Å². The SMILES string of the molecule is Cc1nc2ncnn2c(C)c1CCC(=O)NCc1ccc(C(=O)O)o1. The number of carboxylic acids is 1. The van der Waals surface area contributed by atoms with Gasteiger partial charge >= 0.3 is 5.97 Å². The predicted octanol–water partition coefficient (Wildman–Crippen LogP) is 1.28. The number of carbonyl (C=O) groups excluding carboxylic acids is 1. The van der Waals surface area contributed by atoms with Crippen LogP contribution in [-0.4, -0.2) is 36.6 Å². The first kappa shape index (κ1) is 16.6. The maximum Gasteiger partial charge on any atom is 0.371 e. The number of rotatable bonds is 6. The Bertz CT molecular complexity index is 943. The summed E-state index contributed by atoms with van der Waals surface area (Å²) in [6.45, 7) is 3.94. The fourth-order valence-corrected chi connectivity index (χ4v) is 2.62. The third-order valence-electron chi connectivity index (χ3n) is 3.92. The van der Waals surface area contributed by atoms with E-state index in [1.165, 1.54) is 18.5 Å². The number of amides is 1. The van der Waals surface area contributed by atoms with Gasteiger partial charge in [0, 0.05) is 17.8 Å². The summed E-state index contributed by atoms with van der Waals surface area (Å²) in [7, 11) is 0. The minimum Gasteiger partial charge on any atom is -0.475 e. The largest absolute Gasteiger partial charge is 0.475 e. The molecule has 0 aromatic carbocycles. The molecule has 25 heavy (non-hydrogen) atoms. The van der Waals surface area contributed by atoms with Gasteiger partial charge in [0.15, 0.2) is 0 Å². The van der Waals surface area contributed by atoms with Crippen molar-refractivity contribution >= 4 is 17.7 Å². The standard InChI is InChI=1S/C16H17N5O4/c1-9-12(10(2)21-16(20-9)18-8-19-21)4-6-14(22)17-7-11-3-5-13(25-11)15(23)24/h3,5,8H,4,6-7H2,1-2H3,(H,17,22)(H,23,24). The fourth-order valence-electron chi connectivity index (χ4n) is 2.62. The van der Waals surface area contributed by atoms with Crippen LogP contribution >= 0.6 is 0 Å². The first-order chi connectivity index (χ1) is 12.0. The van der Waals surface area contributed by atoms with E-state index >= 15 is 0 Å². The van der Waals surface area contributed by atoms with Crippen molar-refractivity contribution < 1.29 is 19.1 Å². The van der Waals surface area contributed by atoms with E-state index < -0.39 is 5.97 Å². The summed E-state index contributed by atoms with van der Waals surface area (Å²) in [5, 5.41) is 15.6. The van der Waals surface area contributed by atoms with Gasteiger partial charge in [0.05, 0.1) is 6.54 Å². The molecule has 2 N–H and O–H groups in total. The predicted molar refractivity (Wildman–Crippen MR) is 86.1 cm³/mol. The van der Waals surface area contributed by atoms with Crippen molar-refractivity contribution in [3.05, 3.63) is 46.9 Å². The molecule has 3 aromatic rings. The molecule has 0 aliphatic rings. The Kier molecular flexibility index (Phi) is 4.46. The molecule has 3 rings (SSSR count). The molecular formula is C16H17N5O4. The quantitative estimate of drug-likeness (QED) is 0.691. The summed E-state index contributed by atoms with van der Waals surface area (Å²) in [6.07, 6.45) is 2.24. The number of hydrogen-bond acceptors (Lipinski definition) is 6. The second-order valence-corrected chi connectivity index (χ2v) is 5.58. The van der Waals surface area contributed by atoms with Crippen molar-refractivity contribution in [1.82, 2.24) is 24.9 Å². The lowest BCUT2D eigenvalue weighted by Gasteiger charge is -2.10.